The highest BCUT2D eigenvalue weighted by atomic mass is 35.5. The molecule has 4 rings (SSSR count). The third-order valence-electron chi connectivity index (χ3n) is 4.17. The molecule has 0 saturated heterocycles. The number of imidazole rings is 1. The fraction of sp³-hybridized carbons (Fsp3) is 0.0500. The Morgan fingerprint density at radius 3 is 2.46 bits per heavy atom. The molecule has 1 atom stereocenters. The molecule has 4 heteroatoms. The van der Waals surface area contributed by atoms with Crippen molar-refractivity contribution in [2.75, 3.05) is 0 Å². The summed E-state index contributed by atoms with van der Waals surface area (Å²) in [5.41, 5.74) is 4.73. The lowest BCUT2D eigenvalue weighted by molar-refractivity contribution is 0.679. The Morgan fingerprint density at radius 2 is 1.75 bits per heavy atom. The highest BCUT2D eigenvalue weighted by Gasteiger charge is 2.20. The number of rotatable bonds is 4. The molecule has 2 aromatic heterocycles. The summed E-state index contributed by atoms with van der Waals surface area (Å²) < 4.78 is 2.11. The summed E-state index contributed by atoms with van der Waals surface area (Å²) in [5, 5.41) is 0.737. The second-order valence-electron chi connectivity index (χ2n) is 5.65. The van der Waals surface area contributed by atoms with Crippen LogP contribution in [-0.2, 0) is 0 Å². The van der Waals surface area contributed by atoms with Crippen molar-refractivity contribution in [1.29, 1.82) is 0 Å². The van der Waals surface area contributed by atoms with Crippen LogP contribution in [0.25, 0.3) is 11.1 Å². The molecule has 118 valence electrons. The highest BCUT2D eigenvalue weighted by Crippen LogP contribution is 2.34. The number of hydrogen-bond acceptors (Lipinski definition) is 1. The largest absolute Gasteiger partial charge is 0.367 e. The number of H-pyrrole nitrogens is 1. The standard InChI is InChI=1S/C20H16ClN3/c21-17-8-6-16(7-9-17)20(24-11-10-22-14-24)19-13-23-12-18(19)15-4-2-1-3-5-15/h1-14,20,23H. The maximum Gasteiger partial charge on any atom is 0.0954 e. The number of aromatic nitrogens is 3. The summed E-state index contributed by atoms with van der Waals surface area (Å²) in [6.45, 7) is 0. The summed E-state index contributed by atoms with van der Waals surface area (Å²) in [5.74, 6) is 0. The van der Waals surface area contributed by atoms with Gasteiger partial charge in [-0.2, -0.15) is 0 Å². The van der Waals surface area contributed by atoms with E-state index in [1.165, 1.54) is 16.7 Å². The van der Waals surface area contributed by atoms with Crippen LogP contribution in [0.5, 0.6) is 0 Å². The number of benzene rings is 2. The molecule has 0 spiro atoms. The molecular formula is C20H16ClN3. The van der Waals surface area contributed by atoms with E-state index >= 15 is 0 Å². The maximum atomic E-state index is 6.07. The average molecular weight is 334 g/mol. The summed E-state index contributed by atoms with van der Waals surface area (Å²) in [7, 11) is 0. The van der Waals surface area contributed by atoms with Crippen LogP contribution >= 0.6 is 11.6 Å². The zero-order valence-electron chi connectivity index (χ0n) is 12.9. The summed E-state index contributed by atoms with van der Waals surface area (Å²) in [6.07, 6.45) is 9.74. The van der Waals surface area contributed by atoms with Gasteiger partial charge >= 0.3 is 0 Å². The van der Waals surface area contributed by atoms with Gasteiger partial charge in [0.05, 0.1) is 12.4 Å². The molecule has 0 bridgehead atoms. The molecule has 3 nitrogen and oxygen atoms in total. The molecule has 1 N–H and O–H groups in total. The van der Waals surface area contributed by atoms with Gasteiger partial charge in [0.1, 0.15) is 0 Å². The lowest BCUT2D eigenvalue weighted by atomic mass is 9.94. The number of aromatic amines is 1. The molecule has 0 aliphatic rings. The lowest BCUT2D eigenvalue weighted by Crippen LogP contribution is -2.10. The molecule has 0 aliphatic carbocycles. The minimum atomic E-state index is 0.0335. The SMILES string of the molecule is Clc1ccc(C(c2c[nH]cc2-c2ccccc2)n2ccnc2)cc1. The second-order valence-corrected chi connectivity index (χ2v) is 6.09. The van der Waals surface area contributed by atoms with Crippen LogP contribution in [0.15, 0.2) is 85.7 Å². The van der Waals surface area contributed by atoms with Gasteiger partial charge in [-0.3, -0.25) is 0 Å². The van der Waals surface area contributed by atoms with Crippen molar-refractivity contribution in [3.63, 3.8) is 0 Å². The Labute approximate surface area is 145 Å². The molecule has 0 aliphatic heterocycles. The van der Waals surface area contributed by atoms with Gasteiger partial charge in [0.2, 0.25) is 0 Å². The average Bonchev–Trinajstić information content (AvgIpc) is 3.30. The van der Waals surface area contributed by atoms with Crippen LogP contribution < -0.4 is 0 Å². The highest BCUT2D eigenvalue weighted by molar-refractivity contribution is 6.30. The Balaban J connectivity index is 1.87. The van der Waals surface area contributed by atoms with Gasteiger partial charge in [0.15, 0.2) is 0 Å². The molecular weight excluding hydrogens is 318 g/mol. The number of hydrogen-bond donors (Lipinski definition) is 1. The zero-order valence-corrected chi connectivity index (χ0v) is 13.7. The van der Waals surface area contributed by atoms with E-state index in [-0.39, 0.29) is 6.04 Å². The second kappa shape index (κ2) is 6.38. The predicted octanol–water partition coefficient (Wildman–Crippen LogP) is 5.17. The zero-order chi connectivity index (χ0) is 16.4. The van der Waals surface area contributed by atoms with E-state index < -0.39 is 0 Å². The molecule has 0 saturated carbocycles. The van der Waals surface area contributed by atoms with Crippen molar-refractivity contribution >= 4 is 11.6 Å². The molecule has 0 amide bonds. The van der Waals surface area contributed by atoms with E-state index in [2.05, 4.69) is 57.1 Å². The van der Waals surface area contributed by atoms with Crippen molar-refractivity contribution in [2.45, 2.75) is 6.04 Å². The topological polar surface area (TPSA) is 33.6 Å². The number of nitrogens with one attached hydrogen (secondary N) is 1. The third-order valence-corrected chi connectivity index (χ3v) is 4.42. The van der Waals surface area contributed by atoms with E-state index in [1.54, 1.807) is 6.20 Å². The van der Waals surface area contributed by atoms with E-state index in [0.29, 0.717) is 0 Å². The summed E-state index contributed by atoms with van der Waals surface area (Å²) in [6, 6.07) is 18.4. The first-order chi connectivity index (χ1) is 11.8. The van der Waals surface area contributed by atoms with Gasteiger partial charge in [0, 0.05) is 40.9 Å². The van der Waals surface area contributed by atoms with Crippen LogP contribution in [0.1, 0.15) is 17.2 Å². The molecule has 0 radical (unpaired) electrons. The molecule has 2 heterocycles. The van der Waals surface area contributed by atoms with E-state index in [0.717, 1.165) is 10.6 Å². The van der Waals surface area contributed by atoms with Gasteiger partial charge < -0.3 is 9.55 Å². The van der Waals surface area contributed by atoms with Gasteiger partial charge in [0.25, 0.3) is 0 Å². The first-order valence-electron chi connectivity index (χ1n) is 7.78. The molecule has 0 fully saturated rings. The van der Waals surface area contributed by atoms with Crippen LogP contribution in [0.3, 0.4) is 0 Å². The Hall–Kier alpha value is -2.78. The predicted molar refractivity (Wildman–Crippen MR) is 97.1 cm³/mol. The van der Waals surface area contributed by atoms with Gasteiger partial charge in [-0.05, 0) is 23.3 Å². The molecule has 24 heavy (non-hydrogen) atoms. The minimum Gasteiger partial charge on any atom is -0.367 e. The first kappa shape index (κ1) is 14.8. The fourth-order valence-electron chi connectivity index (χ4n) is 3.05. The van der Waals surface area contributed by atoms with Gasteiger partial charge in [-0.15, -0.1) is 0 Å². The van der Waals surface area contributed by atoms with Gasteiger partial charge in [-0.25, -0.2) is 4.98 Å². The van der Waals surface area contributed by atoms with Crippen molar-refractivity contribution in [1.82, 2.24) is 14.5 Å². The minimum absolute atomic E-state index is 0.0335. The summed E-state index contributed by atoms with van der Waals surface area (Å²) in [4.78, 5) is 7.49. The van der Waals surface area contributed by atoms with Crippen molar-refractivity contribution in [3.8, 4) is 11.1 Å². The van der Waals surface area contributed by atoms with E-state index in [9.17, 15) is 0 Å². The Kier molecular flexibility index (Phi) is 3.93. The molecule has 2 aromatic carbocycles. The quantitative estimate of drug-likeness (QED) is 0.549. The van der Waals surface area contributed by atoms with Crippen LogP contribution in [-0.4, -0.2) is 14.5 Å². The van der Waals surface area contributed by atoms with Crippen molar-refractivity contribution in [2.24, 2.45) is 0 Å². The fourth-order valence-corrected chi connectivity index (χ4v) is 3.18. The normalized spacial score (nSPS) is 12.2. The van der Waals surface area contributed by atoms with E-state index in [1.807, 2.05) is 36.9 Å². The molecule has 1 unspecified atom stereocenters. The molecule has 4 aromatic rings. The smallest absolute Gasteiger partial charge is 0.0954 e. The number of nitrogens with zero attached hydrogens (tertiary/aromatic N) is 2. The van der Waals surface area contributed by atoms with Crippen LogP contribution in [0, 0.1) is 0 Å². The van der Waals surface area contributed by atoms with E-state index in [4.69, 9.17) is 11.6 Å². The first-order valence-corrected chi connectivity index (χ1v) is 8.16. The maximum absolute atomic E-state index is 6.07. The summed E-state index contributed by atoms with van der Waals surface area (Å²) >= 11 is 6.07. The monoisotopic (exact) mass is 333 g/mol. The lowest BCUT2D eigenvalue weighted by Gasteiger charge is -2.20. The third kappa shape index (κ3) is 2.74. The van der Waals surface area contributed by atoms with Crippen LogP contribution in [0.4, 0.5) is 0 Å². The van der Waals surface area contributed by atoms with Crippen molar-refractivity contribution in [3.05, 3.63) is 102 Å². The van der Waals surface area contributed by atoms with Crippen LogP contribution in [0.2, 0.25) is 5.02 Å². The Morgan fingerprint density at radius 1 is 0.958 bits per heavy atom. The van der Waals surface area contributed by atoms with Crippen molar-refractivity contribution < 1.29 is 0 Å². The Bertz CT molecular complexity index is 909. The van der Waals surface area contributed by atoms with Gasteiger partial charge in [-0.1, -0.05) is 54.1 Å². The number of halogens is 1.